The van der Waals surface area contributed by atoms with Crippen LogP contribution in [0.15, 0.2) is 5.38 Å². The topological polar surface area (TPSA) is 71.2 Å². The van der Waals surface area contributed by atoms with E-state index in [9.17, 15) is 0 Å². The lowest BCUT2D eigenvalue weighted by Crippen LogP contribution is -2.17. The van der Waals surface area contributed by atoms with Crippen LogP contribution in [0.2, 0.25) is 0 Å². The first-order chi connectivity index (χ1) is 5.33. The molecule has 1 rings (SSSR count). The summed E-state index contributed by atoms with van der Waals surface area (Å²) in [5.74, 6) is 0. The van der Waals surface area contributed by atoms with E-state index in [0.717, 1.165) is 5.69 Å². The van der Waals surface area contributed by atoms with Gasteiger partial charge in [0.05, 0.1) is 12.3 Å². The molecule has 4 N–H and O–H groups in total. The van der Waals surface area contributed by atoms with Crippen molar-refractivity contribution in [3.8, 4) is 0 Å². The first kappa shape index (κ1) is 8.45. The summed E-state index contributed by atoms with van der Waals surface area (Å²) >= 11 is 1.43. The predicted molar refractivity (Wildman–Crippen MR) is 45.3 cm³/mol. The number of nitrogen functional groups attached to an aromatic ring is 1. The van der Waals surface area contributed by atoms with Gasteiger partial charge >= 0.3 is 0 Å². The van der Waals surface area contributed by atoms with E-state index in [1.165, 1.54) is 11.3 Å². The van der Waals surface area contributed by atoms with Crippen LogP contribution in [0, 0.1) is 0 Å². The minimum Gasteiger partial charge on any atom is -0.395 e. The first-order valence-electron chi connectivity index (χ1n) is 3.34. The number of anilines is 1. The molecule has 4 nitrogen and oxygen atoms in total. The summed E-state index contributed by atoms with van der Waals surface area (Å²) in [6.45, 7) is 1.42. The minimum atomic E-state index is 0.152. The number of nitrogens with two attached hydrogens (primary N) is 1. The van der Waals surface area contributed by atoms with Gasteiger partial charge in [-0.15, -0.1) is 11.3 Å². The van der Waals surface area contributed by atoms with Crippen LogP contribution in [0.3, 0.4) is 0 Å². The number of nitrogens with zero attached hydrogens (tertiary/aromatic N) is 1. The fourth-order valence-electron chi connectivity index (χ4n) is 0.699. The average Bonchev–Trinajstić information content (AvgIpc) is 2.37. The SMILES string of the molecule is Nc1nc(CNCCO)cs1. The largest absolute Gasteiger partial charge is 0.395 e. The zero-order chi connectivity index (χ0) is 8.10. The number of hydrogen-bond donors (Lipinski definition) is 3. The molecule has 1 heterocycles. The molecule has 1 aromatic heterocycles. The molecule has 0 fully saturated rings. The van der Waals surface area contributed by atoms with Crippen molar-refractivity contribution < 1.29 is 5.11 Å². The molecule has 11 heavy (non-hydrogen) atoms. The van der Waals surface area contributed by atoms with Gasteiger partial charge in [-0.3, -0.25) is 0 Å². The molecule has 0 atom stereocenters. The van der Waals surface area contributed by atoms with E-state index in [2.05, 4.69) is 10.3 Å². The van der Waals surface area contributed by atoms with Crippen molar-refractivity contribution in [3.05, 3.63) is 11.1 Å². The molecule has 0 unspecified atom stereocenters. The van der Waals surface area contributed by atoms with Crippen molar-refractivity contribution in [2.24, 2.45) is 0 Å². The summed E-state index contributed by atoms with van der Waals surface area (Å²) in [6, 6.07) is 0. The van der Waals surface area contributed by atoms with Gasteiger partial charge in [-0.2, -0.15) is 0 Å². The van der Waals surface area contributed by atoms with E-state index in [-0.39, 0.29) is 6.61 Å². The maximum Gasteiger partial charge on any atom is 0.180 e. The molecule has 1 aromatic rings. The van der Waals surface area contributed by atoms with E-state index in [4.69, 9.17) is 10.8 Å². The van der Waals surface area contributed by atoms with E-state index in [1.54, 1.807) is 0 Å². The average molecular weight is 173 g/mol. The molecule has 62 valence electrons. The van der Waals surface area contributed by atoms with Crippen LogP contribution in [0.1, 0.15) is 5.69 Å². The molecule has 5 heteroatoms. The summed E-state index contributed by atoms with van der Waals surface area (Å²) in [5.41, 5.74) is 6.34. The molecule has 0 saturated heterocycles. The van der Waals surface area contributed by atoms with Crippen LogP contribution in [-0.2, 0) is 6.54 Å². The zero-order valence-electron chi connectivity index (χ0n) is 6.08. The fourth-order valence-corrected chi connectivity index (χ4v) is 1.26. The normalized spacial score (nSPS) is 10.3. The summed E-state index contributed by atoms with van der Waals surface area (Å²) in [6.07, 6.45) is 0. The summed E-state index contributed by atoms with van der Waals surface area (Å²) in [7, 11) is 0. The molecule has 0 bridgehead atoms. The van der Waals surface area contributed by atoms with Gasteiger partial charge in [-0.25, -0.2) is 4.98 Å². The molecule has 0 saturated carbocycles. The van der Waals surface area contributed by atoms with Crippen molar-refractivity contribution in [2.45, 2.75) is 6.54 Å². The van der Waals surface area contributed by atoms with Crippen LogP contribution in [0.25, 0.3) is 0 Å². The molecule has 0 amide bonds. The number of thiazole rings is 1. The van der Waals surface area contributed by atoms with Crippen molar-refractivity contribution >= 4 is 16.5 Å². The van der Waals surface area contributed by atoms with Crippen LogP contribution < -0.4 is 11.1 Å². The fraction of sp³-hybridized carbons (Fsp3) is 0.500. The summed E-state index contributed by atoms with van der Waals surface area (Å²) in [4.78, 5) is 4.03. The zero-order valence-corrected chi connectivity index (χ0v) is 6.90. The highest BCUT2D eigenvalue weighted by Crippen LogP contribution is 2.09. The third-order valence-corrected chi connectivity index (χ3v) is 1.89. The van der Waals surface area contributed by atoms with Crippen LogP contribution in [0.4, 0.5) is 5.13 Å². The van der Waals surface area contributed by atoms with E-state index in [0.29, 0.717) is 18.2 Å². The molecule has 0 radical (unpaired) electrons. The number of hydrogen-bond acceptors (Lipinski definition) is 5. The number of nitrogens with one attached hydrogen (secondary N) is 1. The van der Waals surface area contributed by atoms with Crippen LogP contribution >= 0.6 is 11.3 Å². The van der Waals surface area contributed by atoms with Crippen molar-refractivity contribution in [1.29, 1.82) is 0 Å². The van der Waals surface area contributed by atoms with Crippen LogP contribution in [0.5, 0.6) is 0 Å². The maximum atomic E-state index is 8.44. The van der Waals surface area contributed by atoms with Gasteiger partial charge in [-0.1, -0.05) is 0 Å². The third-order valence-electron chi connectivity index (χ3n) is 1.16. The first-order valence-corrected chi connectivity index (χ1v) is 4.22. The highest BCUT2D eigenvalue weighted by Gasteiger charge is 1.96. The Labute approximate surface area is 69.1 Å². The highest BCUT2D eigenvalue weighted by atomic mass is 32.1. The Morgan fingerprint density at radius 2 is 2.55 bits per heavy atom. The van der Waals surface area contributed by atoms with Gasteiger partial charge in [0.2, 0.25) is 0 Å². The highest BCUT2D eigenvalue weighted by molar-refractivity contribution is 7.13. The van der Waals surface area contributed by atoms with Gasteiger partial charge in [0.15, 0.2) is 5.13 Å². The van der Waals surface area contributed by atoms with E-state index < -0.39 is 0 Å². The summed E-state index contributed by atoms with van der Waals surface area (Å²) in [5, 5.41) is 13.9. The molecule has 0 aromatic carbocycles. The maximum absolute atomic E-state index is 8.44. The number of rotatable bonds is 4. The smallest absolute Gasteiger partial charge is 0.180 e. The van der Waals surface area contributed by atoms with Crippen molar-refractivity contribution in [3.63, 3.8) is 0 Å². The Balaban J connectivity index is 2.27. The second kappa shape index (κ2) is 4.27. The minimum absolute atomic E-state index is 0.152. The summed E-state index contributed by atoms with van der Waals surface area (Å²) < 4.78 is 0. The van der Waals surface area contributed by atoms with E-state index >= 15 is 0 Å². The van der Waals surface area contributed by atoms with Crippen LogP contribution in [-0.4, -0.2) is 23.2 Å². The molecule has 0 spiro atoms. The van der Waals surface area contributed by atoms with Gasteiger partial charge in [-0.05, 0) is 0 Å². The Morgan fingerprint density at radius 1 is 1.73 bits per heavy atom. The number of aliphatic hydroxyl groups excluding tert-OH is 1. The van der Waals surface area contributed by atoms with Crippen molar-refractivity contribution in [2.75, 3.05) is 18.9 Å². The Hall–Kier alpha value is -0.650. The second-order valence-electron chi connectivity index (χ2n) is 2.08. The van der Waals surface area contributed by atoms with E-state index in [1.807, 2.05) is 5.38 Å². The molecule has 0 aliphatic carbocycles. The Morgan fingerprint density at radius 3 is 3.09 bits per heavy atom. The molecule has 0 aliphatic heterocycles. The van der Waals surface area contributed by atoms with Gasteiger partial charge in [0.25, 0.3) is 0 Å². The number of aromatic nitrogens is 1. The Bertz CT molecular complexity index is 213. The number of aliphatic hydroxyl groups is 1. The third kappa shape index (κ3) is 2.83. The van der Waals surface area contributed by atoms with Gasteiger partial charge in [0.1, 0.15) is 0 Å². The lowest BCUT2D eigenvalue weighted by Gasteiger charge is -1.96. The van der Waals surface area contributed by atoms with Gasteiger partial charge < -0.3 is 16.2 Å². The second-order valence-corrected chi connectivity index (χ2v) is 2.97. The quantitative estimate of drug-likeness (QED) is 0.552. The van der Waals surface area contributed by atoms with Gasteiger partial charge in [0, 0.05) is 18.5 Å². The Kier molecular flexibility index (Phi) is 3.28. The molecule has 0 aliphatic rings. The molecular formula is C6H11N3OS. The standard InChI is InChI=1S/C6H11N3OS/c7-6-9-5(4-11-6)3-8-1-2-10/h4,8,10H,1-3H2,(H2,7,9). The lowest BCUT2D eigenvalue weighted by atomic mass is 10.5. The monoisotopic (exact) mass is 173 g/mol. The predicted octanol–water partition coefficient (Wildman–Crippen LogP) is -0.193. The molecular weight excluding hydrogens is 162 g/mol. The van der Waals surface area contributed by atoms with Crippen molar-refractivity contribution in [1.82, 2.24) is 10.3 Å². The lowest BCUT2D eigenvalue weighted by molar-refractivity contribution is 0.292.